The first-order valence-electron chi connectivity index (χ1n) is 6.22. The minimum atomic E-state index is 0.242. The Morgan fingerprint density at radius 3 is 2.78 bits per heavy atom. The van der Waals surface area contributed by atoms with Crippen LogP contribution < -0.4 is 0 Å². The van der Waals surface area contributed by atoms with Gasteiger partial charge in [0.15, 0.2) is 0 Å². The number of benzene rings is 1. The molecule has 3 rings (SSSR count). The van der Waals surface area contributed by atoms with Gasteiger partial charge in [0, 0.05) is 37.3 Å². The topological polar surface area (TPSA) is 58.3 Å². The summed E-state index contributed by atoms with van der Waals surface area (Å²) in [6.45, 7) is 1.09. The standard InChI is InChI=1S/C14H16N2O2/c17-9-10-1-6-14-15-13(8-16(14)7-10)11-2-4-12(18)5-3-11/h2-5,8,10,17-18H,1,6-7,9H2. The summed E-state index contributed by atoms with van der Waals surface area (Å²) in [7, 11) is 0. The summed E-state index contributed by atoms with van der Waals surface area (Å²) in [6.07, 6.45) is 3.95. The number of aliphatic hydroxyl groups excluding tert-OH is 1. The number of aliphatic hydroxyl groups is 1. The molecule has 4 nitrogen and oxygen atoms in total. The number of aromatic hydroxyl groups is 1. The Morgan fingerprint density at radius 2 is 2.06 bits per heavy atom. The highest BCUT2D eigenvalue weighted by atomic mass is 16.3. The van der Waals surface area contributed by atoms with Crippen molar-refractivity contribution in [2.75, 3.05) is 6.61 Å². The summed E-state index contributed by atoms with van der Waals surface area (Å²) in [4.78, 5) is 4.62. The first kappa shape index (κ1) is 11.3. The molecule has 4 heteroatoms. The molecule has 0 aliphatic carbocycles. The van der Waals surface area contributed by atoms with Crippen molar-refractivity contribution in [1.82, 2.24) is 9.55 Å². The molecule has 1 aliphatic rings. The second-order valence-electron chi connectivity index (χ2n) is 4.83. The highest BCUT2D eigenvalue weighted by Gasteiger charge is 2.19. The highest BCUT2D eigenvalue weighted by Crippen LogP contribution is 2.25. The fraction of sp³-hybridized carbons (Fsp3) is 0.357. The molecule has 2 aromatic rings. The molecule has 1 atom stereocenters. The van der Waals surface area contributed by atoms with Crippen LogP contribution in [0.1, 0.15) is 12.2 Å². The Kier molecular flexibility index (Phi) is 2.80. The van der Waals surface area contributed by atoms with Gasteiger partial charge in [-0.2, -0.15) is 0 Å². The van der Waals surface area contributed by atoms with Crippen LogP contribution in [0.2, 0.25) is 0 Å². The van der Waals surface area contributed by atoms with E-state index in [-0.39, 0.29) is 12.4 Å². The predicted molar refractivity (Wildman–Crippen MR) is 68.2 cm³/mol. The molecule has 0 spiro atoms. The van der Waals surface area contributed by atoms with Crippen molar-refractivity contribution in [2.24, 2.45) is 5.92 Å². The number of phenols is 1. The van der Waals surface area contributed by atoms with Gasteiger partial charge in [-0.25, -0.2) is 4.98 Å². The monoisotopic (exact) mass is 244 g/mol. The van der Waals surface area contributed by atoms with Crippen LogP contribution in [0.3, 0.4) is 0 Å². The largest absolute Gasteiger partial charge is 0.508 e. The van der Waals surface area contributed by atoms with E-state index in [9.17, 15) is 10.2 Å². The molecule has 1 unspecified atom stereocenters. The Hall–Kier alpha value is -1.81. The molecular weight excluding hydrogens is 228 g/mol. The molecule has 18 heavy (non-hydrogen) atoms. The lowest BCUT2D eigenvalue weighted by Crippen LogP contribution is -2.22. The van der Waals surface area contributed by atoms with Crippen molar-refractivity contribution in [3.05, 3.63) is 36.3 Å². The van der Waals surface area contributed by atoms with Gasteiger partial charge in [0.05, 0.1) is 5.69 Å². The van der Waals surface area contributed by atoms with Crippen LogP contribution in [0, 0.1) is 5.92 Å². The summed E-state index contributed by atoms with van der Waals surface area (Å²) in [5.74, 6) is 1.70. The Balaban J connectivity index is 1.91. The van der Waals surface area contributed by atoms with E-state index in [1.165, 1.54) is 0 Å². The molecule has 0 amide bonds. The van der Waals surface area contributed by atoms with Gasteiger partial charge in [-0.15, -0.1) is 0 Å². The number of aryl methyl sites for hydroxylation is 1. The fourth-order valence-corrected chi connectivity index (χ4v) is 2.43. The molecule has 1 aromatic heterocycles. The molecule has 0 saturated carbocycles. The summed E-state index contributed by atoms with van der Waals surface area (Å²) in [5.41, 5.74) is 1.94. The van der Waals surface area contributed by atoms with Gasteiger partial charge < -0.3 is 14.8 Å². The van der Waals surface area contributed by atoms with Crippen molar-refractivity contribution >= 4 is 0 Å². The zero-order valence-corrected chi connectivity index (χ0v) is 10.1. The lowest BCUT2D eigenvalue weighted by molar-refractivity contribution is 0.190. The third kappa shape index (κ3) is 1.99. The molecule has 0 fully saturated rings. The van der Waals surface area contributed by atoms with Crippen LogP contribution >= 0.6 is 0 Å². The van der Waals surface area contributed by atoms with Crippen LogP contribution in [0.4, 0.5) is 0 Å². The van der Waals surface area contributed by atoms with Crippen molar-refractivity contribution in [1.29, 1.82) is 0 Å². The summed E-state index contributed by atoms with van der Waals surface area (Å²) in [5, 5.41) is 18.5. The zero-order valence-electron chi connectivity index (χ0n) is 10.1. The maximum Gasteiger partial charge on any atom is 0.115 e. The average Bonchev–Trinajstić information content (AvgIpc) is 2.82. The van der Waals surface area contributed by atoms with E-state index in [1.54, 1.807) is 12.1 Å². The SMILES string of the molecule is OCC1CCc2nc(-c3ccc(O)cc3)cn2C1. The van der Waals surface area contributed by atoms with Crippen LogP contribution in [0.5, 0.6) is 5.75 Å². The average molecular weight is 244 g/mol. The third-order valence-corrected chi connectivity index (χ3v) is 3.51. The molecule has 1 aromatic carbocycles. The molecule has 2 heterocycles. The van der Waals surface area contributed by atoms with Gasteiger partial charge in [-0.1, -0.05) is 0 Å². The predicted octanol–water partition coefficient (Wildman–Crippen LogP) is 1.81. The zero-order chi connectivity index (χ0) is 12.5. The number of phenolic OH excluding ortho intramolecular Hbond substituents is 1. The van der Waals surface area contributed by atoms with Gasteiger partial charge in [-0.05, 0) is 30.7 Å². The van der Waals surface area contributed by atoms with Crippen LogP contribution in [0.15, 0.2) is 30.5 Å². The Bertz CT molecular complexity index is 545. The van der Waals surface area contributed by atoms with Gasteiger partial charge in [-0.3, -0.25) is 0 Å². The summed E-state index contributed by atoms with van der Waals surface area (Å²) >= 11 is 0. The van der Waals surface area contributed by atoms with E-state index in [4.69, 9.17) is 0 Å². The summed E-state index contributed by atoms with van der Waals surface area (Å²) in [6, 6.07) is 7.08. The smallest absolute Gasteiger partial charge is 0.115 e. The van der Waals surface area contributed by atoms with Gasteiger partial charge >= 0.3 is 0 Å². The Morgan fingerprint density at radius 1 is 1.28 bits per heavy atom. The van der Waals surface area contributed by atoms with E-state index in [0.717, 1.165) is 36.5 Å². The van der Waals surface area contributed by atoms with Gasteiger partial charge in [0.1, 0.15) is 11.6 Å². The van der Waals surface area contributed by atoms with Crippen LogP contribution in [-0.4, -0.2) is 26.4 Å². The first-order valence-corrected chi connectivity index (χ1v) is 6.22. The number of hydrogen-bond acceptors (Lipinski definition) is 3. The van der Waals surface area contributed by atoms with Gasteiger partial charge in [0.25, 0.3) is 0 Å². The lowest BCUT2D eigenvalue weighted by atomic mass is 10.0. The number of nitrogens with zero attached hydrogens (tertiary/aromatic N) is 2. The van der Waals surface area contributed by atoms with Crippen molar-refractivity contribution in [3.8, 4) is 17.0 Å². The number of fused-ring (bicyclic) bond motifs is 1. The van der Waals surface area contributed by atoms with E-state index in [2.05, 4.69) is 9.55 Å². The molecule has 1 aliphatic heterocycles. The normalized spacial score (nSPS) is 18.6. The molecule has 0 radical (unpaired) electrons. The van der Waals surface area contributed by atoms with E-state index >= 15 is 0 Å². The molecular formula is C14H16N2O2. The van der Waals surface area contributed by atoms with E-state index in [1.807, 2.05) is 18.3 Å². The van der Waals surface area contributed by atoms with Crippen LogP contribution in [0.25, 0.3) is 11.3 Å². The molecule has 0 bridgehead atoms. The summed E-state index contributed by atoms with van der Waals surface area (Å²) < 4.78 is 2.13. The third-order valence-electron chi connectivity index (χ3n) is 3.51. The second kappa shape index (κ2) is 4.46. The molecule has 0 saturated heterocycles. The minimum absolute atomic E-state index is 0.242. The van der Waals surface area contributed by atoms with E-state index in [0.29, 0.717) is 5.92 Å². The van der Waals surface area contributed by atoms with Crippen molar-refractivity contribution in [2.45, 2.75) is 19.4 Å². The van der Waals surface area contributed by atoms with Crippen molar-refractivity contribution < 1.29 is 10.2 Å². The Labute approximate surface area is 106 Å². The van der Waals surface area contributed by atoms with E-state index < -0.39 is 0 Å². The maximum atomic E-state index is 9.28. The van der Waals surface area contributed by atoms with Crippen molar-refractivity contribution in [3.63, 3.8) is 0 Å². The number of imidazole rings is 1. The van der Waals surface area contributed by atoms with Crippen LogP contribution in [-0.2, 0) is 13.0 Å². The minimum Gasteiger partial charge on any atom is -0.508 e. The van der Waals surface area contributed by atoms with Gasteiger partial charge in [0.2, 0.25) is 0 Å². The lowest BCUT2D eigenvalue weighted by Gasteiger charge is -2.21. The second-order valence-corrected chi connectivity index (χ2v) is 4.83. The first-order chi connectivity index (χ1) is 8.76. The fourth-order valence-electron chi connectivity index (χ4n) is 2.43. The number of hydrogen-bond donors (Lipinski definition) is 2. The molecule has 2 N–H and O–H groups in total. The molecule has 94 valence electrons. The highest BCUT2D eigenvalue weighted by molar-refractivity contribution is 5.59. The number of aromatic nitrogens is 2. The maximum absolute atomic E-state index is 9.28. The number of rotatable bonds is 2. The quantitative estimate of drug-likeness (QED) is 0.847.